The number of ether oxygens (including phenoxy) is 1. The van der Waals surface area contributed by atoms with Crippen molar-refractivity contribution in [2.45, 2.75) is 44.1 Å². The Balaban J connectivity index is 1.40. The minimum Gasteiger partial charge on any atom is -0.383 e. The van der Waals surface area contributed by atoms with Crippen molar-refractivity contribution in [1.82, 2.24) is 9.88 Å². The number of hydrogen-bond donors (Lipinski definition) is 2. The standard InChI is InChI=1S/C24H23F4N3O2/c1-13-20-18(11-33-13)17-10-14(2-7-19(17)30-21(20)29)22(32)31-9-8-23(25,12-31)15-3-5-16(6-4-15)24(26,27)28/h2-7,10,13,22,32H,8-9,11-12H2,1H3,(H2,29,30)/t13-,22?,23-/m1/s1. The molecule has 3 heterocycles. The summed E-state index contributed by atoms with van der Waals surface area (Å²) in [6.07, 6.45) is -5.64. The number of alkyl halides is 4. The number of aliphatic hydroxyl groups is 1. The van der Waals surface area contributed by atoms with E-state index in [1.807, 2.05) is 13.0 Å². The van der Waals surface area contributed by atoms with Crippen LogP contribution >= 0.6 is 0 Å². The van der Waals surface area contributed by atoms with Gasteiger partial charge in [-0.25, -0.2) is 9.37 Å². The van der Waals surface area contributed by atoms with Gasteiger partial charge in [0, 0.05) is 24.0 Å². The van der Waals surface area contributed by atoms with Crippen LogP contribution in [0, 0.1) is 0 Å². The average molecular weight is 461 g/mol. The zero-order valence-electron chi connectivity index (χ0n) is 17.9. The van der Waals surface area contributed by atoms with Crippen molar-refractivity contribution in [3.8, 4) is 0 Å². The van der Waals surface area contributed by atoms with Crippen molar-refractivity contribution in [3.63, 3.8) is 0 Å². The summed E-state index contributed by atoms with van der Waals surface area (Å²) in [5, 5.41) is 11.8. The summed E-state index contributed by atoms with van der Waals surface area (Å²) in [7, 11) is 0. The smallest absolute Gasteiger partial charge is 0.383 e. The van der Waals surface area contributed by atoms with E-state index in [2.05, 4.69) is 4.98 Å². The average Bonchev–Trinajstić information content (AvgIpc) is 3.37. The van der Waals surface area contributed by atoms with E-state index in [4.69, 9.17) is 10.5 Å². The molecule has 1 fully saturated rings. The first-order chi connectivity index (χ1) is 15.6. The van der Waals surface area contributed by atoms with Crippen molar-refractivity contribution in [2.24, 2.45) is 0 Å². The fourth-order valence-corrected chi connectivity index (χ4v) is 4.86. The lowest BCUT2D eigenvalue weighted by Gasteiger charge is -2.26. The van der Waals surface area contributed by atoms with Crippen molar-refractivity contribution in [1.29, 1.82) is 0 Å². The second-order valence-electron chi connectivity index (χ2n) is 8.75. The van der Waals surface area contributed by atoms with Gasteiger partial charge in [0.15, 0.2) is 0 Å². The van der Waals surface area contributed by atoms with Gasteiger partial charge in [-0.2, -0.15) is 13.2 Å². The van der Waals surface area contributed by atoms with E-state index in [9.17, 15) is 18.3 Å². The molecule has 9 heteroatoms. The highest BCUT2D eigenvalue weighted by molar-refractivity contribution is 5.87. The zero-order chi connectivity index (χ0) is 23.5. The van der Waals surface area contributed by atoms with Gasteiger partial charge in [0.2, 0.25) is 0 Å². The number of halogens is 4. The summed E-state index contributed by atoms with van der Waals surface area (Å²) in [5.41, 5.74) is 6.65. The Labute approximate surface area is 187 Å². The quantitative estimate of drug-likeness (QED) is 0.538. The van der Waals surface area contributed by atoms with Gasteiger partial charge < -0.3 is 15.6 Å². The number of rotatable bonds is 3. The summed E-state index contributed by atoms with van der Waals surface area (Å²) < 4.78 is 59.8. The van der Waals surface area contributed by atoms with Crippen molar-refractivity contribution in [3.05, 3.63) is 70.3 Å². The molecule has 5 rings (SSSR count). The van der Waals surface area contributed by atoms with Gasteiger partial charge in [-0.15, -0.1) is 0 Å². The lowest BCUT2D eigenvalue weighted by atomic mass is 9.94. The Bertz CT molecular complexity index is 1220. The molecule has 1 saturated heterocycles. The number of pyridine rings is 1. The van der Waals surface area contributed by atoms with Crippen LogP contribution in [0.3, 0.4) is 0 Å². The summed E-state index contributed by atoms with van der Waals surface area (Å²) >= 11 is 0. The fraction of sp³-hybridized carbons (Fsp3) is 0.375. The molecule has 5 nitrogen and oxygen atoms in total. The molecule has 0 saturated carbocycles. The molecule has 0 amide bonds. The van der Waals surface area contributed by atoms with E-state index in [-0.39, 0.29) is 31.2 Å². The Hall–Kier alpha value is -2.75. The third kappa shape index (κ3) is 3.74. The van der Waals surface area contributed by atoms with Crippen molar-refractivity contribution >= 4 is 16.7 Å². The van der Waals surface area contributed by atoms with Gasteiger partial charge in [0.1, 0.15) is 17.7 Å². The molecule has 0 aliphatic carbocycles. The van der Waals surface area contributed by atoms with E-state index in [0.29, 0.717) is 23.5 Å². The molecule has 3 aromatic rings. The van der Waals surface area contributed by atoms with Crippen LogP contribution < -0.4 is 5.73 Å². The minimum absolute atomic E-state index is 0.0713. The van der Waals surface area contributed by atoms with E-state index in [1.165, 1.54) is 12.1 Å². The molecule has 2 aromatic carbocycles. The number of aromatic nitrogens is 1. The topological polar surface area (TPSA) is 71.6 Å². The summed E-state index contributed by atoms with van der Waals surface area (Å²) in [6, 6.07) is 9.44. The SMILES string of the molecule is C[C@H]1OCc2c1c(N)nc1ccc(C(O)N3CC[C@](F)(c4ccc(C(F)(F)F)cc4)C3)cc21. The summed E-state index contributed by atoms with van der Waals surface area (Å²) in [4.78, 5) is 6.03. The normalized spacial score (nSPS) is 24.4. The van der Waals surface area contributed by atoms with Crippen LogP contribution in [0.15, 0.2) is 42.5 Å². The van der Waals surface area contributed by atoms with Crippen LogP contribution in [-0.2, 0) is 23.2 Å². The molecule has 3 atom stereocenters. The Morgan fingerprint density at radius 2 is 1.94 bits per heavy atom. The highest BCUT2D eigenvalue weighted by Gasteiger charge is 2.43. The summed E-state index contributed by atoms with van der Waals surface area (Å²) in [5.74, 6) is 0.425. The molecule has 1 aromatic heterocycles. The molecular formula is C24H23F4N3O2. The Kier molecular flexibility index (Phi) is 5.11. The largest absolute Gasteiger partial charge is 0.416 e. The third-order valence-corrected chi connectivity index (χ3v) is 6.69. The predicted molar refractivity (Wildman–Crippen MR) is 115 cm³/mol. The van der Waals surface area contributed by atoms with Crippen molar-refractivity contribution < 1.29 is 27.4 Å². The first-order valence-electron chi connectivity index (χ1n) is 10.7. The third-order valence-electron chi connectivity index (χ3n) is 6.69. The number of nitrogen functional groups attached to an aromatic ring is 1. The van der Waals surface area contributed by atoms with Gasteiger partial charge >= 0.3 is 6.18 Å². The van der Waals surface area contributed by atoms with Crippen LogP contribution in [0.25, 0.3) is 10.9 Å². The monoisotopic (exact) mass is 461 g/mol. The van der Waals surface area contributed by atoms with Gasteiger partial charge in [-0.3, -0.25) is 4.90 Å². The minimum atomic E-state index is -4.47. The van der Waals surface area contributed by atoms with Crippen LogP contribution in [-0.4, -0.2) is 28.1 Å². The van der Waals surface area contributed by atoms with Crippen LogP contribution in [0.1, 0.15) is 53.5 Å². The van der Waals surface area contributed by atoms with Gasteiger partial charge in [-0.1, -0.05) is 18.2 Å². The number of nitrogens with zero attached hydrogens (tertiary/aromatic N) is 2. The molecule has 0 radical (unpaired) electrons. The maximum absolute atomic E-state index is 15.6. The van der Waals surface area contributed by atoms with Gasteiger partial charge in [0.25, 0.3) is 0 Å². The lowest BCUT2D eigenvalue weighted by Crippen LogP contribution is -2.30. The molecule has 2 aliphatic heterocycles. The number of aliphatic hydroxyl groups excluding tert-OH is 1. The molecular weight excluding hydrogens is 438 g/mol. The molecule has 1 unspecified atom stereocenters. The highest BCUT2D eigenvalue weighted by Crippen LogP contribution is 2.42. The van der Waals surface area contributed by atoms with E-state index in [0.717, 1.165) is 28.6 Å². The number of anilines is 1. The number of nitrogens with two attached hydrogens (primary N) is 1. The number of fused-ring (bicyclic) bond motifs is 3. The lowest BCUT2D eigenvalue weighted by molar-refractivity contribution is -0.137. The van der Waals surface area contributed by atoms with Crippen LogP contribution in [0.2, 0.25) is 0 Å². The number of likely N-dealkylation sites (tertiary alicyclic amines) is 1. The van der Waals surface area contributed by atoms with E-state index >= 15 is 4.39 Å². The molecule has 0 bridgehead atoms. The first kappa shape index (κ1) is 22.1. The molecule has 0 spiro atoms. The maximum atomic E-state index is 15.6. The molecule has 3 N–H and O–H groups in total. The van der Waals surface area contributed by atoms with Crippen LogP contribution in [0.4, 0.5) is 23.4 Å². The van der Waals surface area contributed by atoms with Crippen molar-refractivity contribution in [2.75, 3.05) is 18.8 Å². The Morgan fingerprint density at radius 3 is 2.64 bits per heavy atom. The van der Waals surface area contributed by atoms with E-state index < -0.39 is 23.6 Å². The predicted octanol–water partition coefficient (Wildman–Crippen LogP) is 4.99. The number of benzene rings is 2. The van der Waals surface area contributed by atoms with Gasteiger partial charge in [0.05, 0.1) is 23.8 Å². The number of hydrogen-bond acceptors (Lipinski definition) is 5. The zero-order valence-corrected chi connectivity index (χ0v) is 17.9. The molecule has 33 heavy (non-hydrogen) atoms. The Morgan fingerprint density at radius 1 is 1.21 bits per heavy atom. The summed E-state index contributed by atoms with van der Waals surface area (Å²) in [6.45, 7) is 2.43. The molecule has 174 valence electrons. The van der Waals surface area contributed by atoms with Gasteiger partial charge in [-0.05, 0) is 54.3 Å². The first-order valence-corrected chi connectivity index (χ1v) is 10.7. The maximum Gasteiger partial charge on any atom is 0.416 e. The second kappa shape index (κ2) is 7.65. The molecule has 2 aliphatic rings. The fourth-order valence-electron chi connectivity index (χ4n) is 4.86. The van der Waals surface area contributed by atoms with E-state index in [1.54, 1.807) is 17.0 Å². The van der Waals surface area contributed by atoms with Crippen LogP contribution in [0.5, 0.6) is 0 Å². The highest BCUT2D eigenvalue weighted by atomic mass is 19.4. The second-order valence-corrected chi connectivity index (χ2v) is 8.75.